The van der Waals surface area contributed by atoms with Crippen molar-refractivity contribution in [1.82, 2.24) is 9.62 Å². The summed E-state index contributed by atoms with van der Waals surface area (Å²) in [6, 6.07) is 18.5. The SMILES string of the molecule is N#Cc1cccc(SNC2CCN(Cc3ccc(N(N)/C=C\N)cc3)C2)c1. The molecular weight excluding hydrogens is 356 g/mol. The van der Waals surface area contributed by atoms with E-state index in [0.29, 0.717) is 11.6 Å². The number of nitrogens with one attached hydrogen (secondary N) is 1. The van der Waals surface area contributed by atoms with Gasteiger partial charge >= 0.3 is 0 Å². The smallest absolute Gasteiger partial charge is 0.0992 e. The lowest BCUT2D eigenvalue weighted by atomic mass is 10.2. The average Bonchev–Trinajstić information content (AvgIpc) is 3.14. The number of nitrogens with zero attached hydrogens (tertiary/aromatic N) is 3. The van der Waals surface area contributed by atoms with Crippen molar-refractivity contribution < 1.29 is 0 Å². The highest BCUT2D eigenvalue weighted by molar-refractivity contribution is 7.97. The van der Waals surface area contributed by atoms with E-state index < -0.39 is 0 Å². The number of hydrogen-bond donors (Lipinski definition) is 3. The third-order valence-electron chi connectivity index (χ3n) is 4.47. The van der Waals surface area contributed by atoms with E-state index in [1.807, 2.05) is 36.4 Å². The Bertz CT molecular complexity index is 814. The fraction of sp³-hybridized carbons (Fsp3) is 0.250. The van der Waals surface area contributed by atoms with Crippen molar-refractivity contribution in [2.24, 2.45) is 11.6 Å². The number of nitrogens with two attached hydrogens (primary N) is 2. The van der Waals surface area contributed by atoms with Gasteiger partial charge in [0, 0.05) is 43.0 Å². The van der Waals surface area contributed by atoms with Crippen LogP contribution in [0.5, 0.6) is 0 Å². The molecule has 1 fully saturated rings. The van der Waals surface area contributed by atoms with Crippen molar-refractivity contribution >= 4 is 17.6 Å². The van der Waals surface area contributed by atoms with Crippen molar-refractivity contribution in [2.75, 3.05) is 18.1 Å². The third-order valence-corrected chi connectivity index (χ3v) is 5.41. The highest BCUT2D eigenvalue weighted by Gasteiger charge is 2.22. The molecule has 0 amide bonds. The van der Waals surface area contributed by atoms with Crippen LogP contribution in [-0.2, 0) is 6.54 Å². The van der Waals surface area contributed by atoms with Gasteiger partial charge in [-0.15, -0.1) is 0 Å². The van der Waals surface area contributed by atoms with Crippen LogP contribution in [-0.4, -0.2) is 24.0 Å². The Balaban J connectivity index is 1.47. The van der Waals surface area contributed by atoms with E-state index in [1.165, 1.54) is 16.8 Å². The van der Waals surface area contributed by atoms with Crippen LogP contribution in [0.15, 0.2) is 65.8 Å². The molecule has 1 aliphatic heterocycles. The van der Waals surface area contributed by atoms with Gasteiger partial charge in [-0.1, -0.05) is 18.2 Å². The molecular formula is C20H24N6S. The minimum absolute atomic E-state index is 0.439. The van der Waals surface area contributed by atoms with Crippen LogP contribution in [0.2, 0.25) is 0 Å². The van der Waals surface area contributed by atoms with Gasteiger partial charge < -0.3 is 5.73 Å². The molecule has 0 radical (unpaired) electrons. The largest absolute Gasteiger partial charge is 0.403 e. The lowest BCUT2D eigenvalue weighted by molar-refractivity contribution is 0.325. The normalized spacial score (nSPS) is 17.3. The molecule has 140 valence electrons. The Labute approximate surface area is 164 Å². The van der Waals surface area contributed by atoms with E-state index in [2.05, 4.69) is 27.8 Å². The lowest BCUT2D eigenvalue weighted by Crippen LogP contribution is -2.28. The van der Waals surface area contributed by atoms with Gasteiger partial charge in [0.25, 0.3) is 0 Å². The van der Waals surface area contributed by atoms with Gasteiger partial charge in [0.05, 0.1) is 17.3 Å². The molecule has 7 heteroatoms. The molecule has 1 heterocycles. The molecule has 0 aromatic heterocycles. The second kappa shape index (κ2) is 9.44. The maximum atomic E-state index is 8.99. The summed E-state index contributed by atoms with van der Waals surface area (Å²) in [5.74, 6) is 5.86. The fourth-order valence-electron chi connectivity index (χ4n) is 3.06. The fourth-order valence-corrected chi connectivity index (χ4v) is 3.89. The van der Waals surface area contributed by atoms with Crippen LogP contribution in [0.25, 0.3) is 0 Å². The summed E-state index contributed by atoms with van der Waals surface area (Å²) in [6.07, 6.45) is 4.15. The Hall–Kier alpha value is -2.50. The van der Waals surface area contributed by atoms with Crippen LogP contribution in [0.1, 0.15) is 17.5 Å². The summed E-state index contributed by atoms with van der Waals surface area (Å²) in [5.41, 5.74) is 8.22. The van der Waals surface area contributed by atoms with Gasteiger partial charge in [-0.3, -0.25) is 14.6 Å². The Morgan fingerprint density at radius 3 is 2.85 bits per heavy atom. The molecule has 1 saturated heterocycles. The molecule has 3 rings (SSSR count). The highest BCUT2D eigenvalue weighted by atomic mass is 32.2. The quantitative estimate of drug-likeness (QED) is 0.386. The van der Waals surface area contributed by atoms with Gasteiger partial charge in [0.15, 0.2) is 0 Å². The minimum Gasteiger partial charge on any atom is -0.403 e. The standard InChI is InChI=1S/C20H24N6S/c21-9-11-26(23)19-6-4-16(5-7-19)14-25-10-8-18(15-25)24-27-20-3-1-2-17(12-20)13-22/h1-7,9,11-12,18,24H,8,10,14-15,21,23H2/b11-9-. The van der Waals surface area contributed by atoms with Crippen molar-refractivity contribution in [3.8, 4) is 6.07 Å². The lowest BCUT2D eigenvalue weighted by Gasteiger charge is -2.18. The first-order chi connectivity index (χ1) is 13.2. The summed E-state index contributed by atoms with van der Waals surface area (Å²) < 4.78 is 3.53. The van der Waals surface area contributed by atoms with Crippen molar-refractivity contribution in [2.45, 2.75) is 23.9 Å². The van der Waals surface area contributed by atoms with Crippen LogP contribution in [0.4, 0.5) is 5.69 Å². The molecule has 1 atom stereocenters. The predicted octanol–water partition coefficient (Wildman–Crippen LogP) is 2.54. The Morgan fingerprint density at radius 2 is 2.11 bits per heavy atom. The first-order valence-corrected chi connectivity index (χ1v) is 9.66. The first-order valence-electron chi connectivity index (χ1n) is 8.84. The average molecular weight is 381 g/mol. The maximum absolute atomic E-state index is 8.99. The molecule has 5 N–H and O–H groups in total. The second-order valence-electron chi connectivity index (χ2n) is 6.50. The van der Waals surface area contributed by atoms with Gasteiger partial charge in [-0.25, -0.2) is 5.84 Å². The molecule has 0 aliphatic carbocycles. The molecule has 0 bridgehead atoms. The Morgan fingerprint density at radius 1 is 1.30 bits per heavy atom. The zero-order valence-corrected chi connectivity index (χ0v) is 15.9. The van der Waals surface area contributed by atoms with Crippen LogP contribution >= 0.6 is 11.9 Å². The molecule has 2 aromatic carbocycles. The van der Waals surface area contributed by atoms with Gasteiger partial charge in [0.1, 0.15) is 0 Å². The van der Waals surface area contributed by atoms with Crippen LogP contribution in [0, 0.1) is 11.3 Å². The molecule has 27 heavy (non-hydrogen) atoms. The molecule has 1 aliphatic rings. The number of hydrazine groups is 1. The molecule has 6 nitrogen and oxygen atoms in total. The zero-order chi connectivity index (χ0) is 19.1. The summed E-state index contributed by atoms with van der Waals surface area (Å²) in [5, 5.41) is 10.5. The van der Waals surface area contributed by atoms with Crippen LogP contribution in [0.3, 0.4) is 0 Å². The number of benzene rings is 2. The summed E-state index contributed by atoms with van der Waals surface area (Å²) >= 11 is 1.60. The highest BCUT2D eigenvalue weighted by Crippen LogP contribution is 2.21. The van der Waals surface area contributed by atoms with E-state index in [0.717, 1.165) is 36.6 Å². The number of hydrogen-bond acceptors (Lipinski definition) is 7. The first kappa shape index (κ1) is 19.3. The Kier molecular flexibility index (Phi) is 6.74. The monoisotopic (exact) mass is 380 g/mol. The number of nitriles is 1. The van der Waals surface area contributed by atoms with Crippen molar-refractivity contribution in [3.63, 3.8) is 0 Å². The molecule has 0 spiro atoms. The topological polar surface area (TPSA) is 94.3 Å². The van der Waals surface area contributed by atoms with Crippen molar-refractivity contribution in [1.29, 1.82) is 5.26 Å². The summed E-state index contributed by atoms with van der Waals surface area (Å²) in [4.78, 5) is 3.51. The summed E-state index contributed by atoms with van der Waals surface area (Å²) in [6.45, 7) is 2.99. The van der Waals surface area contributed by atoms with Gasteiger partial charge in [0.2, 0.25) is 0 Å². The van der Waals surface area contributed by atoms with E-state index in [-0.39, 0.29) is 0 Å². The number of rotatable bonds is 7. The second-order valence-corrected chi connectivity index (χ2v) is 7.41. The van der Waals surface area contributed by atoms with Crippen molar-refractivity contribution in [3.05, 3.63) is 72.1 Å². The summed E-state index contributed by atoms with van der Waals surface area (Å²) in [7, 11) is 0. The van der Waals surface area contributed by atoms with E-state index in [4.69, 9.17) is 16.8 Å². The molecule has 2 aromatic rings. The predicted molar refractivity (Wildman–Crippen MR) is 110 cm³/mol. The van der Waals surface area contributed by atoms with Gasteiger partial charge in [-0.05, 0) is 54.3 Å². The van der Waals surface area contributed by atoms with E-state index in [1.54, 1.807) is 18.1 Å². The number of anilines is 1. The third kappa shape index (κ3) is 5.49. The zero-order valence-electron chi connectivity index (χ0n) is 15.1. The van der Waals surface area contributed by atoms with E-state index in [9.17, 15) is 0 Å². The van der Waals surface area contributed by atoms with E-state index >= 15 is 0 Å². The minimum atomic E-state index is 0.439. The maximum Gasteiger partial charge on any atom is 0.0992 e. The molecule has 1 unspecified atom stereocenters. The number of likely N-dealkylation sites (tertiary alicyclic amines) is 1. The van der Waals surface area contributed by atoms with Gasteiger partial charge in [-0.2, -0.15) is 5.26 Å². The molecule has 0 saturated carbocycles. The van der Waals surface area contributed by atoms with Crippen LogP contribution < -0.4 is 21.3 Å².